The smallest absolute Gasteiger partial charge is 0.120 e. The number of nitrogens with zero attached hydrogens (tertiary/aromatic N) is 1. The first-order chi connectivity index (χ1) is 7.75. The molecular formula is C13H20N2O. The molecule has 2 bridgehead atoms. The van der Waals surface area contributed by atoms with E-state index in [2.05, 4.69) is 17.9 Å². The van der Waals surface area contributed by atoms with Crippen LogP contribution in [0, 0.1) is 0 Å². The van der Waals surface area contributed by atoms with Crippen LogP contribution in [0.2, 0.25) is 0 Å². The van der Waals surface area contributed by atoms with Gasteiger partial charge in [0.1, 0.15) is 5.76 Å². The minimum atomic E-state index is 0.403. The van der Waals surface area contributed by atoms with Crippen LogP contribution in [0.15, 0.2) is 22.8 Å². The molecule has 3 heterocycles. The van der Waals surface area contributed by atoms with E-state index in [4.69, 9.17) is 10.2 Å². The zero-order chi connectivity index (χ0) is 11.1. The van der Waals surface area contributed by atoms with Crippen molar-refractivity contribution in [3.05, 3.63) is 24.2 Å². The predicted molar refractivity (Wildman–Crippen MR) is 63.0 cm³/mol. The Morgan fingerprint density at radius 2 is 2.06 bits per heavy atom. The van der Waals surface area contributed by atoms with E-state index in [-0.39, 0.29) is 0 Å². The fourth-order valence-electron chi connectivity index (χ4n) is 3.56. The van der Waals surface area contributed by atoms with Gasteiger partial charge in [-0.2, -0.15) is 0 Å². The van der Waals surface area contributed by atoms with Gasteiger partial charge in [0.2, 0.25) is 0 Å². The van der Waals surface area contributed by atoms with Crippen molar-refractivity contribution >= 4 is 0 Å². The molecule has 88 valence electrons. The zero-order valence-electron chi connectivity index (χ0n) is 9.80. The first-order valence-electron chi connectivity index (χ1n) is 6.32. The van der Waals surface area contributed by atoms with E-state index in [0.29, 0.717) is 24.2 Å². The Bertz CT molecular complexity index is 335. The first kappa shape index (κ1) is 10.4. The highest BCUT2D eigenvalue weighted by atomic mass is 16.3. The molecule has 16 heavy (non-hydrogen) atoms. The number of piperidine rings is 1. The molecule has 2 fully saturated rings. The van der Waals surface area contributed by atoms with Crippen LogP contribution in [0.4, 0.5) is 0 Å². The minimum absolute atomic E-state index is 0.403. The Labute approximate surface area is 96.6 Å². The van der Waals surface area contributed by atoms with Gasteiger partial charge in [0.25, 0.3) is 0 Å². The van der Waals surface area contributed by atoms with Gasteiger partial charge in [-0.25, -0.2) is 0 Å². The van der Waals surface area contributed by atoms with Gasteiger partial charge in [-0.3, -0.25) is 4.90 Å². The van der Waals surface area contributed by atoms with Crippen LogP contribution >= 0.6 is 0 Å². The van der Waals surface area contributed by atoms with Gasteiger partial charge in [0.05, 0.1) is 12.3 Å². The third-order valence-corrected chi connectivity index (χ3v) is 4.23. The van der Waals surface area contributed by atoms with Crippen LogP contribution in [-0.2, 0) is 0 Å². The maximum Gasteiger partial charge on any atom is 0.120 e. The zero-order valence-corrected chi connectivity index (χ0v) is 9.80. The largest absolute Gasteiger partial charge is 0.468 e. The van der Waals surface area contributed by atoms with Crippen molar-refractivity contribution < 1.29 is 4.42 Å². The fourth-order valence-corrected chi connectivity index (χ4v) is 3.56. The summed E-state index contributed by atoms with van der Waals surface area (Å²) in [5.74, 6) is 1.09. The minimum Gasteiger partial charge on any atom is -0.468 e. The number of hydrogen-bond acceptors (Lipinski definition) is 3. The van der Waals surface area contributed by atoms with Crippen molar-refractivity contribution in [2.24, 2.45) is 5.73 Å². The van der Waals surface area contributed by atoms with Gasteiger partial charge < -0.3 is 10.2 Å². The Kier molecular flexibility index (Phi) is 2.52. The summed E-state index contributed by atoms with van der Waals surface area (Å²) in [5.41, 5.74) is 6.09. The highest BCUT2D eigenvalue weighted by molar-refractivity contribution is 5.08. The van der Waals surface area contributed by atoms with E-state index in [1.54, 1.807) is 6.26 Å². The molecule has 0 aliphatic carbocycles. The summed E-state index contributed by atoms with van der Waals surface area (Å²) in [6.07, 6.45) is 6.69. The lowest BCUT2D eigenvalue weighted by atomic mass is 9.96. The Balaban J connectivity index is 1.81. The van der Waals surface area contributed by atoms with Gasteiger partial charge in [-0.1, -0.05) is 0 Å². The fraction of sp³-hybridized carbons (Fsp3) is 0.692. The van der Waals surface area contributed by atoms with E-state index >= 15 is 0 Å². The maximum absolute atomic E-state index is 6.09. The second-order valence-corrected chi connectivity index (χ2v) is 5.26. The average molecular weight is 220 g/mol. The van der Waals surface area contributed by atoms with Crippen molar-refractivity contribution in [2.45, 2.75) is 56.8 Å². The topological polar surface area (TPSA) is 42.4 Å². The molecule has 3 nitrogen and oxygen atoms in total. The van der Waals surface area contributed by atoms with E-state index in [1.165, 1.54) is 12.8 Å². The molecule has 1 aromatic rings. The van der Waals surface area contributed by atoms with E-state index in [9.17, 15) is 0 Å². The lowest BCUT2D eigenvalue weighted by Crippen LogP contribution is -2.48. The Morgan fingerprint density at radius 3 is 2.62 bits per heavy atom. The van der Waals surface area contributed by atoms with E-state index in [1.807, 2.05) is 6.07 Å². The molecule has 0 amide bonds. The third-order valence-electron chi connectivity index (χ3n) is 4.23. The molecule has 2 aliphatic heterocycles. The van der Waals surface area contributed by atoms with Crippen molar-refractivity contribution in [3.8, 4) is 0 Å². The lowest BCUT2D eigenvalue weighted by molar-refractivity contribution is 0.0747. The summed E-state index contributed by atoms with van der Waals surface area (Å²) >= 11 is 0. The second-order valence-electron chi connectivity index (χ2n) is 5.26. The summed E-state index contributed by atoms with van der Waals surface area (Å²) < 4.78 is 5.53. The Morgan fingerprint density at radius 1 is 1.38 bits per heavy atom. The molecule has 2 N–H and O–H groups in total. The summed E-state index contributed by atoms with van der Waals surface area (Å²) in [4.78, 5) is 2.63. The van der Waals surface area contributed by atoms with Gasteiger partial charge in [-0.05, 0) is 44.7 Å². The van der Waals surface area contributed by atoms with Crippen molar-refractivity contribution in [3.63, 3.8) is 0 Å². The number of furan rings is 1. The molecule has 3 unspecified atom stereocenters. The molecule has 0 spiro atoms. The molecule has 2 saturated heterocycles. The summed E-state index contributed by atoms with van der Waals surface area (Å²) in [6, 6.07) is 6.22. The number of fused-ring (bicyclic) bond motifs is 2. The molecule has 1 aromatic heterocycles. The van der Waals surface area contributed by atoms with Crippen molar-refractivity contribution in [1.82, 2.24) is 4.90 Å². The highest BCUT2D eigenvalue weighted by Gasteiger charge is 2.42. The predicted octanol–water partition coefficient (Wildman–Crippen LogP) is 2.29. The number of nitrogens with two attached hydrogens (primary N) is 1. The molecule has 0 saturated carbocycles. The number of rotatable bonds is 2. The number of hydrogen-bond donors (Lipinski definition) is 1. The van der Waals surface area contributed by atoms with Crippen molar-refractivity contribution in [2.75, 3.05) is 0 Å². The lowest BCUT2D eigenvalue weighted by Gasteiger charge is -2.40. The summed E-state index contributed by atoms with van der Waals surface area (Å²) in [7, 11) is 0. The van der Waals surface area contributed by atoms with E-state index in [0.717, 1.165) is 18.6 Å². The average Bonchev–Trinajstić information content (AvgIpc) is 2.85. The van der Waals surface area contributed by atoms with Gasteiger partial charge in [0, 0.05) is 18.1 Å². The van der Waals surface area contributed by atoms with Gasteiger partial charge in [-0.15, -0.1) is 0 Å². The van der Waals surface area contributed by atoms with Crippen LogP contribution in [0.3, 0.4) is 0 Å². The summed E-state index contributed by atoms with van der Waals surface area (Å²) in [5, 5.41) is 0. The first-order valence-corrected chi connectivity index (χ1v) is 6.32. The molecule has 0 aromatic carbocycles. The summed E-state index contributed by atoms with van der Waals surface area (Å²) in [6.45, 7) is 2.25. The second kappa shape index (κ2) is 3.90. The van der Waals surface area contributed by atoms with Gasteiger partial charge >= 0.3 is 0 Å². The van der Waals surface area contributed by atoms with Crippen LogP contribution in [0.25, 0.3) is 0 Å². The molecule has 3 heteroatoms. The normalized spacial score (nSPS) is 36.5. The van der Waals surface area contributed by atoms with Crippen LogP contribution in [0.1, 0.15) is 44.4 Å². The van der Waals surface area contributed by atoms with Crippen LogP contribution in [0.5, 0.6) is 0 Å². The quantitative estimate of drug-likeness (QED) is 0.831. The molecule has 0 radical (unpaired) electrons. The van der Waals surface area contributed by atoms with Gasteiger partial charge in [0.15, 0.2) is 0 Å². The highest BCUT2D eigenvalue weighted by Crippen LogP contribution is 2.40. The molecule has 2 aliphatic rings. The maximum atomic E-state index is 6.09. The molecule has 3 rings (SSSR count). The third kappa shape index (κ3) is 1.59. The van der Waals surface area contributed by atoms with Crippen molar-refractivity contribution in [1.29, 1.82) is 0 Å². The van der Waals surface area contributed by atoms with Crippen LogP contribution < -0.4 is 5.73 Å². The molecule has 3 atom stereocenters. The van der Waals surface area contributed by atoms with E-state index < -0.39 is 0 Å². The Hall–Kier alpha value is -0.800. The monoisotopic (exact) mass is 220 g/mol. The standard InChI is InChI=1S/C13H20N2O/c1-9(13-3-2-6-16-13)15-11-4-5-12(15)8-10(14)7-11/h2-3,6,9-12H,4-5,7-8,14H2,1H3. The van der Waals surface area contributed by atoms with Crippen LogP contribution in [-0.4, -0.2) is 23.0 Å². The SMILES string of the molecule is CC(c1ccco1)N1C2CCC1CC(N)C2. The molecular weight excluding hydrogens is 200 g/mol.